The van der Waals surface area contributed by atoms with Gasteiger partial charge >= 0.3 is 5.69 Å². The first-order valence-corrected chi connectivity index (χ1v) is 8.29. The minimum atomic E-state index is -0.967. The van der Waals surface area contributed by atoms with E-state index < -0.39 is 56.1 Å². The minimum absolute atomic E-state index is 0.308. The molecule has 0 bridgehead atoms. The van der Waals surface area contributed by atoms with Crippen LogP contribution >= 0.6 is 0 Å². The summed E-state index contributed by atoms with van der Waals surface area (Å²) in [7, 11) is 0. The van der Waals surface area contributed by atoms with E-state index in [1.165, 1.54) is 18.2 Å². The Morgan fingerprint density at radius 2 is 1.68 bits per heavy atom. The fraction of sp³-hybridized carbons (Fsp3) is 0. The van der Waals surface area contributed by atoms with Gasteiger partial charge in [-0.15, -0.1) is 0 Å². The number of hydrazine groups is 1. The molecule has 0 fully saturated rings. The molecule has 2 aromatic carbocycles. The van der Waals surface area contributed by atoms with Crippen molar-refractivity contribution < 1.29 is 23.4 Å². The lowest BCUT2D eigenvalue weighted by Gasteiger charge is -2.11. The van der Waals surface area contributed by atoms with E-state index in [0.717, 1.165) is 30.6 Å². The number of anilines is 3. The van der Waals surface area contributed by atoms with Gasteiger partial charge in [0.2, 0.25) is 11.6 Å². The zero-order valence-corrected chi connectivity index (χ0v) is 15.2. The molecule has 14 heteroatoms. The van der Waals surface area contributed by atoms with E-state index in [1.54, 1.807) is 0 Å². The lowest BCUT2D eigenvalue weighted by molar-refractivity contribution is -0.385. The molecule has 0 saturated carbocycles. The molecule has 1 aromatic heterocycles. The number of carbonyl (C=O) groups excluding carboxylic acids is 1. The minimum Gasteiger partial charge on any atom is -0.332 e. The van der Waals surface area contributed by atoms with E-state index in [0.29, 0.717) is 0 Å². The second-order valence-electron chi connectivity index (χ2n) is 5.78. The van der Waals surface area contributed by atoms with E-state index in [1.807, 2.05) is 0 Å². The summed E-state index contributed by atoms with van der Waals surface area (Å²) < 4.78 is 27.2. The topological polar surface area (TPSA) is 165 Å². The number of nitrogens with zero attached hydrogens (tertiary/aromatic N) is 4. The lowest BCUT2D eigenvalue weighted by atomic mass is 10.2. The van der Waals surface area contributed by atoms with Crippen LogP contribution in [0, 0.1) is 31.9 Å². The third-order valence-electron chi connectivity index (χ3n) is 3.83. The molecule has 12 nitrogen and oxygen atoms in total. The fourth-order valence-corrected chi connectivity index (χ4v) is 2.46. The van der Waals surface area contributed by atoms with Crippen molar-refractivity contribution in [3.05, 3.63) is 86.2 Å². The van der Waals surface area contributed by atoms with Crippen molar-refractivity contribution in [2.24, 2.45) is 0 Å². The number of aromatic nitrogens is 2. The van der Waals surface area contributed by atoms with Crippen molar-refractivity contribution in [1.29, 1.82) is 0 Å². The molecule has 3 N–H and O–H groups in total. The molecule has 1 heterocycles. The summed E-state index contributed by atoms with van der Waals surface area (Å²) >= 11 is 0. The Hall–Kier alpha value is -4.75. The second-order valence-corrected chi connectivity index (χ2v) is 5.78. The quantitative estimate of drug-likeness (QED) is 0.376. The molecule has 1 amide bonds. The van der Waals surface area contributed by atoms with Crippen LogP contribution in [0.2, 0.25) is 0 Å². The number of para-hydroxylation sites is 1. The molecule has 0 atom stereocenters. The van der Waals surface area contributed by atoms with Gasteiger partial charge in [-0.05, 0) is 18.2 Å². The van der Waals surface area contributed by atoms with Crippen LogP contribution < -0.4 is 16.2 Å². The number of hydrogen-bond acceptors (Lipinski definition) is 9. The van der Waals surface area contributed by atoms with Crippen LogP contribution in [0.3, 0.4) is 0 Å². The number of hydrogen-bond donors (Lipinski definition) is 3. The zero-order chi connectivity index (χ0) is 22.5. The van der Waals surface area contributed by atoms with Gasteiger partial charge < -0.3 is 5.32 Å². The first kappa shape index (κ1) is 21.0. The predicted molar refractivity (Wildman–Crippen MR) is 103 cm³/mol. The Morgan fingerprint density at radius 1 is 0.968 bits per heavy atom. The molecule has 31 heavy (non-hydrogen) atoms. The summed E-state index contributed by atoms with van der Waals surface area (Å²) in [5, 5.41) is 24.9. The van der Waals surface area contributed by atoms with Crippen molar-refractivity contribution >= 4 is 34.6 Å². The molecule has 0 aliphatic rings. The molecule has 0 spiro atoms. The highest BCUT2D eigenvalue weighted by Gasteiger charge is 2.25. The van der Waals surface area contributed by atoms with Gasteiger partial charge in [-0.2, -0.15) is 0 Å². The molecular weight excluding hydrogens is 420 g/mol. The highest BCUT2D eigenvalue weighted by atomic mass is 19.1. The molecule has 0 aliphatic heterocycles. The van der Waals surface area contributed by atoms with Crippen LogP contribution in [0.4, 0.5) is 37.5 Å². The number of nitro groups is 2. The Balaban J connectivity index is 1.88. The van der Waals surface area contributed by atoms with Gasteiger partial charge in [0.05, 0.1) is 15.5 Å². The van der Waals surface area contributed by atoms with Crippen LogP contribution in [0.1, 0.15) is 10.4 Å². The number of nitro benzene ring substituents is 1. The number of nitrogens with one attached hydrogen (secondary N) is 3. The molecule has 158 valence electrons. The smallest absolute Gasteiger partial charge is 0.332 e. The number of benzene rings is 2. The van der Waals surface area contributed by atoms with Gasteiger partial charge in [0.15, 0.2) is 0 Å². The van der Waals surface area contributed by atoms with Crippen molar-refractivity contribution in [3.8, 4) is 0 Å². The Morgan fingerprint density at radius 3 is 2.39 bits per heavy atom. The van der Waals surface area contributed by atoms with Crippen molar-refractivity contribution in [3.63, 3.8) is 0 Å². The van der Waals surface area contributed by atoms with Crippen LogP contribution in [0.25, 0.3) is 0 Å². The number of rotatable bonds is 7. The predicted octanol–water partition coefficient (Wildman–Crippen LogP) is 3.07. The molecule has 0 unspecified atom stereocenters. The van der Waals surface area contributed by atoms with Gasteiger partial charge in [-0.1, -0.05) is 12.1 Å². The zero-order valence-electron chi connectivity index (χ0n) is 15.2. The average molecular weight is 431 g/mol. The number of halogens is 2. The SMILES string of the molecule is O=C(NNc1ncnc(Nc2cc(F)ccc2F)c1[N+](=O)[O-])c1ccccc1[N+](=O)[O-]. The summed E-state index contributed by atoms with van der Waals surface area (Å²) in [6.07, 6.45) is 0.867. The Bertz CT molecular complexity index is 1190. The Labute approximate surface area is 171 Å². The van der Waals surface area contributed by atoms with Gasteiger partial charge in [0, 0.05) is 12.1 Å². The summed E-state index contributed by atoms with van der Waals surface area (Å²) in [5.41, 5.74) is 2.25. The second kappa shape index (κ2) is 8.73. The summed E-state index contributed by atoms with van der Waals surface area (Å²) in [4.78, 5) is 40.5. The number of carbonyl (C=O) groups is 1. The first-order chi connectivity index (χ1) is 14.8. The highest BCUT2D eigenvalue weighted by molar-refractivity contribution is 5.98. The molecule has 0 aliphatic carbocycles. The summed E-state index contributed by atoms with van der Waals surface area (Å²) in [5.74, 6) is -3.66. The van der Waals surface area contributed by atoms with E-state index in [9.17, 15) is 33.8 Å². The van der Waals surface area contributed by atoms with Gasteiger partial charge in [-0.3, -0.25) is 35.9 Å². The molecule has 3 rings (SSSR count). The maximum atomic E-state index is 13.9. The van der Waals surface area contributed by atoms with Crippen LogP contribution in [-0.4, -0.2) is 25.7 Å². The van der Waals surface area contributed by atoms with Gasteiger partial charge in [-0.25, -0.2) is 18.7 Å². The maximum absolute atomic E-state index is 13.9. The van der Waals surface area contributed by atoms with E-state index >= 15 is 0 Å². The van der Waals surface area contributed by atoms with E-state index in [-0.39, 0.29) is 5.56 Å². The van der Waals surface area contributed by atoms with Crippen LogP contribution in [0.15, 0.2) is 48.8 Å². The summed E-state index contributed by atoms with van der Waals surface area (Å²) in [6.45, 7) is 0. The monoisotopic (exact) mass is 431 g/mol. The number of amides is 1. The van der Waals surface area contributed by atoms with Crippen LogP contribution in [-0.2, 0) is 0 Å². The summed E-state index contributed by atoms with van der Waals surface area (Å²) in [6, 6.07) is 7.49. The normalized spacial score (nSPS) is 10.3. The first-order valence-electron chi connectivity index (χ1n) is 8.29. The standard InChI is InChI=1S/C17H11F2N7O5/c18-9-5-6-11(19)12(7-9)22-15-14(26(30)31)16(21-8-20-15)23-24-17(27)10-3-1-2-4-13(10)25(28)29/h1-8H,(H,24,27)(H2,20,21,22,23). The van der Waals surface area contributed by atoms with Crippen molar-refractivity contribution in [2.75, 3.05) is 10.7 Å². The van der Waals surface area contributed by atoms with Crippen molar-refractivity contribution in [1.82, 2.24) is 15.4 Å². The van der Waals surface area contributed by atoms with Crippen LogP contribution in [0.5, 0.6) is 0 Å². The third kappa shape index (κ3) is 4.64. The lowest BCUT2D eigenvalue weighted by Crippen LogP contribution is -2.30. The maximum Gasteiger partial charge on any atom is 0.355 e. The molecule has 0 saturated heterocycles. The third-order valence-corrected chi connectivity index (χ3v) is 3.83. The van der Waals surface area contributed by atoms with Gasteiger partial charge in [0.25, 0.3) is 11.6 Å². The van der Waals surface area contributed by atoms with Crippen molar-refractivity contribution in [2.45, 2.75) is 0 Å². The Kier molecular flexibility index (Phi) is 5.90. The fourth-order valence-electron chi connectivity index (χ4n) is 2.46. The van der Waals surface area contributed by atoms with Gasteiger partial charge in [0.1, 0.15) is 23.5 Å². The largest absolute Gasteiger partial charge is 0.355 e. The highest BCUT2D eigenvalue weighted by Crippen LogP contribution is 2.31. The molecule has 0 radical (unpaired) electrons. The molecule has 3 aromatic rings. The van der Waals surface area contributed by atoms with E-state index in [2.05, 4.69) is 26.1 Å². The molecular formula is C17H11F2N7O5. The average Bonchev–Trinajstić information content (AvgIpc) is 2.74. The van der Waals surface area contributed by atoms with E-state index in [4.69, 9.17) is 0 Å².